The maximum Gasteiger partial charge on any atom is 0.283 e. The third kappa shape index (κ3) is 4.44. The number of nitrogens with one attached hydrogen (secondary N) is 2. The fourth-order valence-electron chi connectivity index (χ4n) is 3.71. The number of sulfonamides is 1. The number of hydrogen-bond donors (Lipinski definition) is 2. The third-order valence-electron chi connectivity index (χ3n) is 5.46. The molecule has 7 nitrogen and oxygen atoms in total. The van der Waals surface area contributed by atoms with Gasteiger partial charge in [-0.3, -0.25) is 4.79 Å². The highest BCUT2D eigenvalue weighted by Crippen LogP contribution is 2.34. The minimum Gasteiger partial charge on any atom is -0.497 e. The van der Waals surface area contributed by atoms with Gasteiger partial charge in [0.25, 0.3) is 5.91 Å². The van der Waals surface area contributed by atoms with E-state index in [9.17, 15) is 13.2 Å². The number of carbonyl (C=O) groups excluding carboxylic acids is 1. The van der Waals surface area contributed by atoms with Crippen molar-refractivity contribution in [2.75, 3.05) is 7.11 Å². The number of H-pyrrole nitrogens is 1. The first-order valence-electron chi connectivity index (χ1n) is 10.3. The Labute approximate surface area is 182 Å². The molecule has 0 atom stereocenters. The van der Waals surface area contributed by atoms with E-state index >= 15 is 0 Å². The van der Waals surface area contributed by atoms with Gasteiger partial charge in [-0.15, -0.1) is 0 Å². The molecule has 2 aromatic heterocycles. The highest BCUT2D eigenvalue weighted by atomic mass is 32.2. The van der Waals surface area contributed by atoms with Gasteiger partial charge in [0.05, 0.1) is 12.4 Å². The first-order valence-corrected chi connectivity index (χ1v) is 11.8. The molecule has 3 aromatic rings. The number of benzene rings is 1. The van der Waals surface area contributed by atoms with Crippen LogP contribution in [0.2, 0.25) is 0 Å². The van der Waals surface area contributed by atoms with Crippen molar-refractivity contribution in [1.82, 2.24) is 14.7 Å². The molecular formula is C23H27N3O4S. The summed E-state index contributed by atoms with van der Waals surface area (Å²) < 4.78 is 31.7. The molecule has 2 N–H and O–H groups in total. The van der Waals surface area contributed by atoms with Gasteiger partial charge < -0.3 is 9.72 Å². The Hall–Kier alpha value is -2.87. The Morgan fingerprint density at radius 1 is 1.23 bits per heavy atom. The molecule has 0 aliphatic heterocycles. The fourth-order valence-corrected chi connectivity index (χ4v) is 5.00. The van der Waals surface area contributed by atoms with Crippen LogP contribution in [0.15, 0.2) is 36.4 Å². The van der Waals surface area contributed by atoms with Crippen LogP contribution in [0.3, 0.4) is 0 Å². The number of hydrogen-bond acceptors (Lipinski definition) is 5. The standard InChI is InChI=1S/C23H27N3O4S/c1-23(2,3)21-18(17-11-8-15(30-4)13-20(17)25-21)12-14-6-5-7-19(24-14)22(27)26-31(28,29)16-9-10-16/h5-8,11,13,16,25H,9-10,12H2,1-4H3,(H,26,27). The van der Waals surface area contributed by atoms with Gasteiger partial charge in [0.1, 0.15) is 11.4 Å². The van der Waals surface area contributed by atoms with Crippen molar-refractivity contribution in [3.63, 3.8) is 0 Å². The van der Waals surface area contributed by atoms with Crippen LogP contribution in [0.5, 0.6) is 5.75 Å². The predicted molar refractivity (Wildman–Crippen MR) is 120 cm³/mol. The zero-order valence-electron chi connectivity index (χ0n) is 18.2. The second kappa shape index (κ2) is 7.67. The zero-order valence-corrected chi connectivity index (χ0v) is 19.0. The van der Waals surface area contributed by atoms with E-state index in [1.807, 2.05) is 24.3 Å². The second-order valence-corrected chi connectivity index (χ2v) is 11.0. The number of methoxy groups -OCH3 is 1. The van der Waals surface area contributed by atoms with E-state index in [4.69, 9.17) is 4.74 Å². The molecule has 0 bridgehead atoms. The quantitative estimate of drug-likeness (QED) is 0.608. The van der Waals surface area contributed by atoms with Gasteiger partial charge in [-0.1, -0.05) is 26.8 Å². The summed E-state index contributed by atoms with van der Waals surface area (Å²) in [6, 6.07) is 11.0. The van der Waals surface area contributed by atoms with Crippen LogP contribution in [0.1, 0.15) is 61.1 Å². The van der Waals surface area contributed by atoms with Gasteiger partial charge in [0, 0.05) is 40.2 Å². The van der Waals surface area contributed by atoms with Gasteiger partial charge >= 0.3 is 0 Å². The minimum atomic E-state index is -3.62. The number of nitrogens with zero attached hydrogens (tertiary/aromatic N) is 1. The van der Waals surface area contributed by atoms with E-state index in [1.165, 1.54) is 6.07 Å². The lowest BCUT2D eigenvalue weighted by Crippen LogP contribution is -2.33. The van der Waals surface area contributed by atoms with E-state index in [2.05, 4.69) is 35.5 Å². The average molecular weight is 442 g/mol. The molecule has 1 amide bonds. The van der Waals surface area contributed by atoms with Crippen molar-refractivity contribution < 1.29 is 17.9 Å². The summed E-state index contributed by atoms with van der Waals surface area (Å²) in [5.74, 6) is 0.0860. The SMILES string of the molecule is COc1ccc2c(Cc3cccc(C(=O)NS(=O)(=O)C4CC4)n3)c(C(C)(C)C)[nH]c2c1. The van der Waals surface area contributed by atoms with Gasteiger partial charge in [-0.2, -0.15) is 0 Å². The van der Waals surface area contributed by atoms with Crippen molar-refractivity contribution in [3.8, 4) is 5.75 Å². The molecule has 1 aliphatic rings. The molecule has 31 heavy (non-hydrogen) atoms. The lowest BCUT2D eigenvalue weighted by atomic mass is 9.87. The summed E-state index contributed by atoms with van der Waals surface area (Å²) in [5, 5.41) is 0.607. The van der Waals surface area contributed by atoms with Crippen LogP contribution in [-0.2, 0) is 21.9 Å². The summed E-state index contributed by atoms with van der Waals surface area (Å²) in [6.07, 6.45) is 1.70. The Kier molecular flexibility index (Phi) is 5.29. The normalized spacial score (nSPS) is 14.6. The molecule has 1 fully saturated rings. The van der Waals surface area contributed by atoms with Crippen molar-refractivity contribution >= 4 is 26.8 Å². The van der Waals surface area contributed by atoms with Gasteiger partial charge in [-0.25, -0.2) is 18.1 Å². The van der Waals surface area contributed by atoms with Crippen LogP contribution in [0.25, 0.3) is 10.9 Å². The number of pyridine rings is 1. The highest BCUT2D eigenvalue weighted by Gasteiger charge is 2.37. The van der Waals surface area contributed by atoms with Crippen molar-refractivity contribution in [3.05, 3.63) is 59.0 Å². The van der Waals surface area contributed by atoms with E-state index in [0.717, 1.165) is 27.9 Å². The lowest BCUT2D eigenvalue weighted by molar-refractivity contribution is 0.0976. The summed E-state index contributed by atoms with van der Waals surface area (Å²) in [6.45, 7) is 6.41. The average Bonchev–Trinajstić information content (AvgIpc) is 3.51. The highest BCUT2D eigenvalue weighted by molar-refractivity contribution is 7.91. The summed E-state index contributed by atoms with van der Waals surface area (Å²) in [4.78, 5) is 20.5. The molecule has 1 aromatic carbocycles. The van der Waals surface area contributed by atoms with Crippen LogP contribution < -0.4 is 9.46 Å². The second-order valence-electron chi connectivity index (χ2n) is 9.01. The van der Waals surface area contributed by atoms with Crippen molar-refractivity contribution in [2.24, 2.45) is 0 Å². The first kappa shape index (κ1) is 21.4. The van der Waals surface area contributed by atoms with Gasteiger partial charge in [0.2, 0.25) is 10.0 Å². The molecule has 0 saturated heterocycles. The van der Waals surface area contributed by atoms with E-state index in [1.54, 1.807) is 13.2 Å². The Bertz CT molecular complexity index is 1250. The van der Waals surface area contributed by atoms with E-state index in [0.29, 0.717) is 25.0 Å². The number of rotatable bonds is 6. The zero-order chi connectivity index (χ0) is 22.4. The van der Waals surface area contributed by atoms with Crippen LogP contribution >= 0.6 is 0 Å². The van der Waals surface area contributed by atoms with Crippen molar-refractivity contribution in [1.29, 1.82) is 0 Å². The fraction of sp³-hybridized carbons (Fsp3) is 0.391. The van der Waals surface area contributed by atoms with E-state index < -0.39 is 21.2 Å². The summed E-state index contributed by atoms with van der Waals surface area (Å²) in [5.41, 5.74) is 3.82. The number of amides is 1. The van der Waals surface area contributed by atoms with Crippen LogP contribution in [0.4, 0.5) is 0 Å². The Morgan fingerprint density at radius 3 is 2.61 bits per heavy atom. The maximum atomic E-state index is 12.5. The number of aromatic amines is 1. The number of ether oxygens (including phenoxy) is 1. The Morgan fingerprint density at radius 2 is 1.97 bits per heavy atom. The lowest BCUT2D eigenvalue weighted by Gasteiger charge is -2.19. The number of carbonyl (C=O) groups is 1. The molecule has 8 heteroatoms. The van der Waals surface area contributed by atoms with Crippen LogP contribution in [-0.4, -0.2) is 36.7 Å². The molecule has 4 rings (SSSR count). The van der Waals surface area contributed by atoms with Gasteiger partial charge in [0.15, 0.2) is 0 Å². The number of fused-ring (bicyclic) bond motifs is 1. The topological polar surface area (TPSA) is 101 Å². The minimum absolute atomic E-state index is 0.0977. The molecule has 1 saturated carbocycles. The largest absolute Gasteiger partial charge is 0.497 e. The van der Waals surface area contributed by atoms with Crippen LogP contribution in [0, 0.1) is 0 Å². The Balaban J connectivity index is 1.68. The third-order valence-corrected chi connectivity index (χ3v) is 7.28. The molecule has 1 aliphatic carbocycles. The smallest absolute Gasteiger partial charge is 0.283 e. The summed E-state index contributed by atoms with van der Waals surface area (Å²) >= 11 is 0. The summed E-state index contributed by atoms with van der Waals surface area (Å²) in [7, 11) is -1.98. The monoisotopic (exact) mass is 441 g/mol. The van der Waals surface area contributed by atoms with Gasteiger partial charge in [-0.05, 0) is 42.7 Å². The molecule has 0 spiro atoms. The predicted octanol–water partition coefficient (Wildman–Crippen LogP) is 3.68. The maximum absolute atomic E-state index is 12.5. The van der Waals surface area contributed by atoms with E-state index in [-0.39, 0.29) is 11.1 Å². The first-order chi connectivity index (χ1) is 14.6. The molecule has 0 unspecified atom stereocenters. The van der Waals surface area contributed by atoms with Crippen molar-refractivity contribution in [2.45, 2.75) is 50.7 Å². The molecular weight excluding hydrogens is 414 g/mol. The molecule has 2 heterocycles. The molecule has 164 valence electrons. The number of aromatic nitrogens is 2. The molecule has 0 radical (unpaired) electrons.